The molecule has 294 valence electrons. The van der Waals surface area contributed by atoms with E-state index in [0.29, 0.717) is 0 Å². The Morgan fingerprint density at radius 3 is 0.823 bits per heavy atom. The highest BCUT2D eigenvalue weighted by Gasteiger charge is 2.19. The molecule has 0 atom stereocenters. The predicted molar refractivity (Wildman–Crippen MR) is 263 cm³/mol. The van der Waals surface area contributed by atoms with Gasteiger partial charge in [-0.3, -0.25) is 0 Å². The highest BCUT2D eigenvalue weighted by atomic mass is 15.1. The third kappa shape index (κ3) is 7.93. The molecule has 0 aliphatic carbocycles. The number of benzene rings is 10. The van der Waals surface area contributed by atoms with Gasteiger partial charge in [-0.05, 0) is 117 Å². The average Bonchev–Trinajstić information content (AvgIpc) is 3.36. The maximum absolute atomic E-state index is 2.35. The van der Waals surface area contributed by atoms with Crippen molar-refractivity contribution in [3.63, 3.8) is 0 Å². The second-order valence-electron chi connectivity index (χ2n) is 15.4. The minimum absolute atomic E-state index is 1.10. The van der Waals surface area contributed by atoms with Crippen LogP contribution in [0.25, 0.3) is 55.6 Å². The number of hydrogen-bond acceptors (Lipinski definition) is 2. The number of para-hydroxylation sites is 4. The third-order valence-corrected chi connectivity index (χ3v) is 11.5. The van der Waals surface area contributed by atoms with Crippen molar-refractivity contribution in [3.8, 4) is 55.6 Å². The fourth-order valence-corrected chi connectivity index (χ4v) is 8.43. The summed E-state index contributed by atoms with van der Waals surface area (Å²) in [5.74, 6) is 0. The lowest BCUT2D eigenvalue weighted by Crippen LogP contribution is -2.11. The lowest BCUT2D eigenvalue weighted by atomic mass is 9.96. The summed E-state index contributed by atoms with van der Waals surface area (Å²) in [5.41, 5.74) is 18.5. The van der Waals surface area contributed by atoms with Gasteiger partial charge in [-0.15, -0.1) is 0 Å². The van der Waals surface area contributed by atoms with E-state index in [-0.39, 0.29) is 0 Å². The van der Waals surface area contributed by atoms with Crippen molar-refractivity contribution < 1.29 is 0 Å². The smallest absolute Gasteiger partial charge is 0.0540 e. The van der Waals surface area contributed by atoms with Crippen molar-refractivity contribution in [2.45, 2.75) is 0 Å². The molecule has 0 amide bonds. The van der Waals surface area contributed by atoms with E-state index in [1.165, 1.54) is 55.6 Å². The summed E-state index contributed by atoms with van der Waals surface area (Å²) in [5, 5.41) is 0. The first-order valence-electron chi connectivity index (χ1n) is 21.2. The fourth-order valence-electron chi connectivity index (χ4n) is 8.43. The van der Waals surface area contributed by atoms with E-state index in [2.05, 4.69) is 277 Å². The molecule has 0 radical (unpaired) electrons. The van der Waals surface area contributed by atoms with Crippen LogP contribution in [0.2, 0.25) is 0 Å². The minimum atomic E-state index is 1.10. The second-order valence-corrected chi connectivity index (χ2v) is 15.4. The average molecular weight is 793 g/mol. The Kier molecular flexibility index (Phi) is 10.8. The molecule has 0 saturated heterocycles. The molecule has 0 aliphatic heterocycles. The van der Waals surface area contributed by atoms with Crippen molar-refractivity contribution in [2.75, 3.05) is 9.80 Å². The van der Waals surface area contributed by atoms with E-state index in [1.807, 2.05) is 0 Å². The van der Waals surface area contributed by atoms with Crippen LogP contribution in [0.5, 0.6) is 0 Å². The van der Waals surface area contributed by atoms with Gasteiger partial charge in [0.25, 0.3) is 0 Å². The molecule has 10 rings (SSSR count). The van der Waals surface area contributed by atoms with Gasteiger partial charge in [-0.1, -0.05) is 194 Å². The number of anilines is 6. The molecular weight excluding hydrogens is 749 g/mol. The predicted octanol–water partition coefficient (Wildman–Crippen LogP) is 17.0. The van der Waals surface area contributed by atoms with Gasteiger partial charge in [0.2, 0.25) is 0 Å². The summed E-state index contributed by atoms with van der Waals surface area (Å²) in [6, 6.07) is 95.5. The lowest BCUT2D eigenvalue weighted by molar-refractivity contribution is 1.28. The molecule has 0 unspecified atom stereocenters. The quantitative estimate of drug-likeness (QED) is 0.129. The van der Waals surface area contributed by atoms with Crippen LogP contribution >= 0.6 is 0 Å². The normalized spacial score (nSPS) is 10.9. The molecule has 0 aromatic heterocycles. The summed E-state index contributed by atoms with van der Waals surface area (Å²) in [7, 11) is 0. The SMILES string of the molecule is c1ccc(-c2ccccc2N(c2ccccc2)c2ccc(-c3cccc(-c4cccc(-c5ccc(N(c6ccccc6)c6ccccc6-c6ccccc6)cc5)c4)c3)cc2)cc1. The fraction of sp³-hybridized carbons (Fsp3) is 0. The van der Waals surface area contributed by atoms with E-state index in [4.69, 9.17) is 0 Å². The van der Waals surface area contributed by atoms with Crippen LogP contribution in [-0.2, 0) is 0 Å². The molecular formula is C60H44N2. The number of hydrogen-bond donors (Lipinski definition) is 0. The van der Waals surface area contributed by atoms with E-state index < -0.39 is 0 Å². The van der Waals surface area contributed by atoms with Gasteiger partial charge in [-0.2, -0.15) is 0 Å². The molecule has 10 aromatic rings. The van der Waals surface area contributed by atoms with Crippen LogP contribution in [0.15, 0.2) is 267 Å². The lowest BCUT2D eigenvalue weighted by Gasteiger charge is -2.28. The molecule has 0 heterocycles. The van der Waals surface area contributed by atoms with Crippen molar-refractivity contribution in [2.24, 2.45) is 0 Å². The molecule has 0 fully saturated rings. The maximum Gasteiger partial charge on any atom is 0.0540 e. The minimum Gasteiger partial charge on any atom is -0.310 e. The Hall–Kier alpha value is -8.20. The maximum atomic E-state index is 2.35. The van der Waals surface area contributed by atoms with Gasteiger partial charge in [0.15, 0.2) is 0 Å². The zero-order valence-electron chi connectivity index (χ0n) is 34.3. The molecule has 0 aliphatic rings. The Labute approximate surface area is 364 Å². The van der Waals surface area contributed by atoms with Gasteiger partial charge < -0.3 is 9.80 Å². The van der Waals surface area contributed by atoms with Gasteiger partial charge in [0.1, 0.15) is 0 Å². The van der Waals surface area contributed by atoms with E-state index in [0.717, 1.165) is 34.1 Å². The third-order valence-electron chi connectivity index (χ3n) is 11.5. The highest BCUT2D eigenvalue weighted by molar-refractivity contribution is 5.90. The second kappa shape index (κ2) is 17.6. The highest BCUT2D eigenvalue weighted by Crippen LogP contribution is 2.43. The molecule has 0 bridgehead atoms. The van der Waals surface area contributed by atoms with E-state index >= 15 is 0 Å². The number of nitrogens with zero attached hydrogens (tertiary/aromatic N) is 2. The van der Waals surface area contributed by atoms with Crippen LogP contribution in [0.1, 0.15) is 0 Å². The molecule has 2 nitrogen and oxygen atoms in total. The first-order valence-corrected chi connectivity index (χ1v) is 21.2. The zero-order valence-corrected chi connectivity index (χ0v) is 34.3. The first kappa shape index (κ1) is 38.0. The zero-order chi connectivity index (χ0) is 41.5. The van der Waals surface area contributed by atoms with E-state index in [9.17, 15) is 0 Å². The summed E-state index contributed by atoms with van der Waals surface area (Å²) in [6.45, 7) is 0. The van der Waals surface area contributed by atoms with Gasteiger partial charge in [-0.25, -0.2) is 0 Å². The van der Waals surface area contributed by atoms with Gasteiger partial charge in [0, 0.05) is 33.9 Å². The first-order chi connectivity index (χ1) is 30.8. The number of rotatable bonds is 11. The topological polar surface area (TPSA) is 6.48 Å². The molecule has 62 heavy (non-hydrogen) atoms. The van der Waals surface area contributed by atoms with Crippen LogP contribution in [0.4, 0.5) is 34.1 Å². The van der Waals surface area contributed by atoms with Crippen molar-refractivity contribution in [1.82, 2.24) is 0 Å². The monoisotopic (exact) mass is 792 g/mol. The molecule has 2 heteroatoms. The van der Waals surface area contributed by atoms with Crippen molar-refractivity contribution in [1.29, 1.82) is 0 Å². The molecule has 10 aromatic carbocycles. The van der Waals surface area contributed by atoms with Crippen LogP contribution < -0.4 is 9.80 Å². The Morgan fingerprint density at radius 2 is 0.452 bits per heavy atom. The Bertz CT molecular complexity index is 2820. The summed E-state index contributed by atoms with van der Waals surface area (Å²) < 4.78 is 0. The van der Waals surface area contributed by atoms with Crippen LogP contribution in [0.3, 0.4) is 0 Å². The molecule has 0 spiro atoms. The summed E-state index contributed by atoms with van der Waals surface area (Å²) in [6.07, 6.45) is 0. The van der Waals surface area contributed by atoms with Crippen LogP contribution in [0, 0.1) is 0 Å². The van der Waals surface area contributed by atoms with Crippen LogP contribution in [-0.4, -0.2) is 0 Å². The summed E-state index contributed by atoms with van der Waals surface area (Å²) in [4.78, 5) is 4.70. The standard InChI is InChI=1S/C60H44N2/c1-5-19-47(20-6-1)57-31-13-15-33-59(57)61(53-27-9-3-10-28-53)55-39-35-45(36-40-55)49-23-17-25-51(43-49)52-26-18-24-50(44-52)46-37-41-56(42-38-46)62(54-29-11-4-12-30-54)60-34-16-14-32-58(60)48-21-7-2-8-22-48/h1-44H. The molecule has 0 saturated carbocycles. The van der Waals surface area contributed by atoms with Crippen molar-refractivity contribution in [3.05, 3.63) is 267 Å². The van der Waals surface area contributed by atoms with Gasteiger partial charge >= 0.3 is 0 Å². The van der Waals surface area contributed by atoms with Crippen molar-refractivity contribution >= 4 is 34.1 Å². The van der Waals surface area contributed by atoms with Gasteiger partial charge in [0.05, 0.1) is 11.4 Å². The Morgan fingerprint density at radius 1 is 0.177 bits per heavy atom. The molecule has 0 N–H and O–H groups in total. The summed E-state index contributed by atoms with van der Waals surface area (Å²) >= 11 is 0. The van der Waals surface area contributed by atoms with E-state index in [1.54, 1.807) is 0 Å². The Balaban J connectivity index is 0.940. The largest absolute Gasteiger partial charge is 0.310 e.